The molecule has 2 aliphatic carbocycles. The molecule has 0 radical (unpaired) electrons. The van der Waals surface area contributed by atoms with E-state index < -0.39 is 0 Å². The monoisotopic (exact) mass is 166 g/mol. The third kappa shape index (κ3) is 1.53. The van der Waals surface area contributed by atoms with Crippen molar-refractivity contribution in [3.05, 3.63) is 0 Å². The molecule has 0 aliphatic heterocycles. The summed E-state index contributed by atoms with van der Waals surface area (Å²) >= 11 is 0. The van der Waals surface area contributed by atoms with Crippen LogP contribution in [0.25, 0.3) is 0 Å². The van der Waals surface area contributed by atoms with Crippen LogP contribution in [-0.2, 0) is 0 Å². The normalized spacial score (nSPS) is 48.5. The molecule has 0 heteroatoms. The summed E-state index contributed by atoms with van der Waals surface area (Å²) in [6, 6.07) is 0. The predicted molar refractivity (Wildman–Crippen MR) is 53.0 cm³/mol. The van der Waals surface area contributed by atoms with Crippen molar-refractivity contribution in [2.24, 2.45) is 23.7 Å². The van der Waals surface area contributed by atoms with Crippen molar-refractivity contribution in [2.75, 3.05) is 0 Å². The van der Waals surface area contributed by atoms with Crippen LogP contribution in [0.4, 0.5) is 0 Å². The summed E-state index contributed by atoms with van der Waals surface area (Å²) < 4.78 is 0. The summed E-state index contributed by atoms with van der Waals surface area (Å²) in [4.78, 5) is 0. The first-order chi connectivity index (χ1) is 5.77. The molecular formula is C12H22. The molecular weight excluding hydrogens is 144 g/mol. The van der Waals surface area contributed by atoms with E-state index in [0.29, 0.717) is 0 Å². The van der Waals surface area contributed by atoms with E-state index in [-0.39, 0.29) is 0 Å². The standard InChI is InChI=1S/C12H22/c1-9-6-7-11-5-3-4-10(2)12(11)8-9/h9-12H,3-8H2,1-2H3/t9-,10+,11+,12+/m1/s1. The van der Waals surface area contributed by atoms with Crippen molar-refractivity contribution in [3.63, 3.8) is 0 Å². The molecule has 0 aromatic heterocycles. The van der Waals surface area contributed by atoms with Crippen LogP contribution in [0.3, 0.4) is 0 Å². The second-order valence-electron chi connectivity index (χ2n) is 5.25. The molecule has 2 rings (SSSR count). The first-order valence-corrected chi connectivity index (χ1v) is 5.77. The average molecular weight is 166 g/mol. The van der Waals surface area contributed by atoms with Crippen molar-refractivity contribution in [1.29, 1.82) is 0 Å². The van der Waals surface area contributed by atoms with Gasteiger partial charge in [-0.3, -0.25) is 0 Å². The second-order valence-corrected chi connectivity index (χ2v) is 5.25. The number of hydrogen-bond donors (Lipinski definition) is 0. The molecule has 0 heterocycles. The van der Waals surface area contributed by atoms with Crippen molar-refractivity contribution in [2.45, 2.75) is 52.4 Å². The second kappa shape index (κ2) is 3.40. The van der Waals surface area contributed by atoms with E-state index >= 15 is 0 Å². The highest BCUT2D eigenvalue weighted by Gasteiger charge is 2.34. The molecule has 4 atom stereocenters. The van der Waals surface area contributed by atoms with Crippen LogP contribution in [-0.4, -0.2) is 0 Å². The summed E-state index contributed by atoms with van der Waals surface area (Å²) in [7, 11) is 0. The summed E-state index contributed by atoms with van der Waals surface area (Å²) in [6.07, 6.45) is 9.14. The van der Waals surface area contributed by atoms with Crippen molar-refractivity contribution in [3.8, 4) is 0 Å². The molecule has 0 amide bonds. The molecule has 0 nitrogen and oxygen atoms in total. The number of rotatable bonds is 0. The van der Waals surface area contributed by atoms with Gasteiger partial charge in [-0.25, -0.2) is 0 Å². The van der Waals surface area contributed by atoms with Crippen molar-refractivity contribution in [1.82, 2.24) is 0 Å². The lowest BCUT2D eigenvalue weighted by Crippen LogP contribution is -2.32. The molecule has 0 saturated heterocycles. The Bertz CT molecular complexity index is 150. The average Bonchev–Trinajstić information content (AvgIpc) is 2.07. The zero-order valence-electron chi connectivity index (χ0n) is 8.55. The van der Waals surface area contributed by atoms with E-state index in [2.05, 4.69) is 13.8 Å². The van der Waals surface area contributed by atoms with Gasteiger partial charge in [-0.1, -0.05) is 39.5 Å². The van der Waals surface area contributed by atoms with Crippen LogP contribution < -0.4 is 0 Å². The van der Waals surface area contributed by atoms with Crippen LogP contribution in [0.1, 0.15) is 52.4 Å². The molecule has 0 aromatic carbocycles. The largest absolute Gasteiger partial charge is 0.0625 e. The number of fused-ring (bicyclic) bond motifs is 1. The van der Waals surface area contributed by atoms with Crippen LogP contribution in [0.15, 0.2) is 0 Å². The molecule has 70 valence electrons. The third-order valence-corrected chi connectivity index (χ3v) is 4.28. The molecule has 2 aliphatic rings. The summed E-state index contributed by atoms with van der Waals surface area (Å²) in [6.45, 7) is 4.92. The van der Waals surface area contributed by atoms with Gasteiger partial charge < -0.3 is 0 Å². The molecule has 2 saturated carbocycles. The Morgan fingerprint density at radius 2 is 1.75 bits per heavy atom. The highest BCUT2D eigenvalue weighted by molar-refractivity contribution is 4.85. The van der Waals surface area contributed by atoms with Gasteiger partial charge >= 0.3 is 0 Å². The van der Waals surface area contributed by atoms with Gasteiger partial charge in [-0.15, -0.1) is 0 Å². The Hall–Kier alpha value is 0. The van der Waals surface area contributed by atoms with Gasteiger partial charge in [0, 0.05) is 0 Å². The lowest BCUT2D eigenvalue weighted by molar-refractivity contribution is 0.0880. The van der Waals surface area contributed by atoms with Crippen LogP contribution in [0, 0.1) is 23.7 Å². The van der Waals surface area contributed by atoms with Gasteiger partial charge in [-0.2, -0.15) is 0 Å². The van der Waals surface area contributed by atoms with Gasteiger partial charge in [0.25, 0.3) is 0 Å². The highest BCUT2D eigenvalue weighted by Crippen LogP contribution is 2.45. The zero-order valence-corrected chi connectivity index (χ0v) is 8.55. The maximum Gasteiger partial charge on any atom is -0.0358 e. The van der Waals surface area contributed by atoms with Crippen LogP contribution in [0.2, 0.25) is 0 Å². The SMILES string of the molecule is C[C@@H]1CC[C@@H]2CCC[C@H](C)[C@@H]2C1. The first kappa shape index (κ1) is 8.59. The minimum absolute atomic E-state index is 1.02. The van der Waals surface area contributed by atoms with E-state index in [9.17, 15) is 0 Å². The lowest BCUT2D eigenvalue weighted by Gasteiger charge is -2.42. The quantitative estimate of drug-likeness (QED) is 0.512. The van der Waals surface area contributed by atoms with Gasteiger partial charge in [0.05, 0.1) is 0 Å². The van der Waals surface area contributed by atoms with Gasteiger partial charge in [0.1, 0.15) is 0 Å². The zero-order chi connectivity index (χ0) is 8.55. The summed E-state index contributed by atoms with van der Waals surface area (Å²) in [5.41, 5.74) is 0. The van der Waals surface area contributed by atoms with Gasteiger partial charge in [-0.05, 0) is 36.5 Å². The Labute approximate surface area is 76.7 Å². The topological polar surface area (TPSA) is 0 Å². The summed E-state index contributed by atoms with van der Waals surface area (Å²) in [5, 5.41) is 0. The Morgan fingerprint density at radius 3 is 2.58 bits per heavy atom. The van der Waals surface area contributed by atoms with Gasteiger partial charge in [0.15, 0.2) is 0 Å². The maximum absolute atomic E-state index is 2.48. The van der Waals surface area contributed by atoms with E-state index in [4.69, 9.17) is 0 Å². The van der Waals surface area contributed by atoms with Crippen molar-refractivity contribution >= 4 is 0 Å². The Balaban J connectivity index is 2.00. The van der Waals surface area contributed by atoms with E-state index in [1.165, 1.54) is 32.1 Å². The third-order valence-electron chi connectivity index (χ3n) is 4.28. The van der Waals surface area contributed by atoms with Crippen molar-refractivity contribution < 1.29 is 0 Å². The minimum atomic E-state index is 1.02. The Kier molecular flexibility index (Phi) is 2.43. The maximum atomic E-state index is 2.48. The highest BCUT2D eigenvalue weighted by atomic mass is 14.4. The fourth-order valence-electron chi connectivity index (χ4n) is 3.46. The minimum Gasteiger partial charge on any atom is -0.0625 e. The van der Waals surface area contributed by atoms with E-state index in [0.717, 1.165) is 23.7 Å². The predicted octanol–water partition coefficient (Wildman–Crippen LogP) is 3.86. The smallest absolute Gasteiger partial charge is 0.0358 e. The van der Waals surface area contributed by atoms with Crippen LogP contribution in [0.5, 0.6) is 0 Å². The molecule has 0 unspecified atom stereocenters. The molecule has 0 spiro atoms. The Morgan fingerprint density at radius 1 is 0.917 bits per heavy atom. The molecule has 2 fully saturated rings. The van der Waals surface area contributed by atoms with E-state index in [1.54, 1.807) is 6.42 Å². The van der Waals surface area contributed by atoms with E-state index in [1.807, 2.05) is 0 Å². The molecule has 0 bridgehead atoms. The first-order valence-electron chi connectivity index (χ1n) is 5.77. The van der Waals surface area contributed by atoms with Crippen LogP contribution >= 0.6 is 0 Å². The molecule has 0 N–H and O–H groups in total. The van der Waals surface area contributed by atoms with Gasteiger partial charge in [0.2, 0.25) is 0 Å². The summed E-state index contributed by atoms with van der Waals surface area (Å²) in [5.74, 6) is 4.27. The fourth-order valence-corrected chi connectivity index (χ4v) is 3.46. The lowest BCUT2D eigenvalue weighted by atomic mass is 9.64. The molecule has 12 heavy (non-hydrogen) atoms. The number of hydrogen-bond acceptors (Lipinski definition) is 0. The molecule has 0 aromatic rings. The fraction of sp³-hybridized carbons (Fsp3) is 1.00.